The Hall–Kier alpha value is -2.42. The lowest BCUT2D eigenvalue weighted by atomic mass is 9.92. The molecule has 1 aliphatic carbocycles. The van der Waals surface area contributed by atoms with Crippen LogP contribution in [0.15, 0.2) is 17.3 Å². The van der Waals surface area contributed by atoms with Gasteiger partial charge in [-0.15, -0.1) is 10.2 Å². The summed E-state index contributed by atoms with van der Waals surface area (Å²) in [5.41, 5.74) is 0. The number of piperidine rings is 1. The molecular weight excluding hydrogens is 372 g/mol. The molecule has 0 bridgehead atoms. The number of carbonyl (C=O) groups excluding carboxylic acids is 1. The Labute approximate surface area is 169 Å². The summed E-state index contributed by atoms with van der Waals surface area (Å²) in [5, 5.41) is 21.8. The molecule has 2 unspecified atom stereocenters. The summed E-state index contributed by atoms with van der Waals surface area (Å²) in [6, 6.07) is 0.0962. The number of rotatable bonds is 3. The third kappa shape index (κ3) is 3.31. The maximum Gasteiger partial charge on any atom is 0.410 e. The first-order chi connectivity index (χ1) is 14.1. The van der Waals surface area contributed by atoms with Crippen molar-refractivity contribution in [3.8, 4) is 0 Å². The number of nitrogens with one attached hydrogen (secondary N) is 1. The van der Waals surface area contributed by atoms with E-state index in [1.165, 1.54) is 0 Å². The van der Waals surface area contributed by atoms with Crippen molar-refractivity contribution >= 4 is 12.3 Å². The van der Waals surface area contributed by atoms with Crippen molar-refractivity contribution in [3.05, 3.63) is 23.9 Å². The topological polar surface area (TPSA) is 105 Å². The molecule has 0 spiro atoms. The number of aliphatic hydroxyl groups excluding tert-OH is 1. The predicted molar refractivity (Wildman–Crippen MR) is 106 cm³/mol. The molecule has 1 amide bonds. The van der Waals surface area contributed by atoms with Crippen LogP contribution in [0.3, 0.4) is 0 Å². The summed E-state index contributed by atoms with van der Waals surface area (Å²) in [6.45, 7) is 3.31. The van der Waals surface area contributed by atoms with Crippen LogP contribution in [0.5, 0.6) is 0 Å². The average molecular weight is 400 g/mol. The van der Waals surface area contributed by atoms with E-state index in [9.17, 15) is 9.90 Å². The van der Waals surface area contributed by atoms with Crippen LogP contribution in [-0.2, 0) is 4.74 Å². The second kappa shape index (κ2) is 7.44. The van der Waals surface area contributed by atoms with Gasteiger partial charge in [-0.2, -0.15) is 0 Å². The number of aliphatic imine (C=N–C) groups is 1. The Balaban J connectivity index is 1.31. The lowest BCUT2D eigenvalue weighted by Gasteiger charge is -2.29. The highest BCUT2D eigenvalue weighted by molar-refractivity contribution is 5.76. The Morgan fingerprint density at radius 3 is 2.93 bits per heavy atom. The molecule has 2 N–H and O–H groups in total. The van der Waals surface area contributed by atoms with Crippen molar-refractivity contribution in [2.24, 2.45) is 10.9 Å². The SMILES string of the molecule is CC[C@@H]1C[C@@H](OC(=O)N2CCC(O)CC2)C[C@@H]1c1nnc2n1C1C=CNC1N=C2. The quantitative estimate of drug-likeness (QED) is 0.798. The van der Waals surface area contributed by atoms with Gasteiger partial charge in [0.2, 0.25) is 0 Å². The van der Waals surface area contributed by atoms with Gasteiger partial charge in [0.15, 0.2) is 5.82 Å². The van der Waals surface area contributed by atoms with E-state index in [-0.39, 0.29) is 36.4 Å². The van der Waals surface area contributed by atoms with Gasteiger partial charge in [0, 0.05) is 19.0 Å². The average Bonchev–Trinajstić information content (AvgIpc) is 3.44. The molecule has 3 aliphatic heterocycles. The number of likely N-dealkylation sites (tertiary alicyclic amines) is 1. The van der Waals surface area contributed by atoms with E-state index in [0.29, 0.717) is 31.8 Å². The van der Waals surface area contributed by atoms with Crippen molar-refractivity contribution < 1.29 is 14.6 Å². The van der Waals surface area contributed by atoms with Crippen molar-refractivity contribution in [2.45, 2.75) is 69.4 Å². The number of aliphatic hydroxyl groups is 1. The highest BCUT2D eigenvalue weighted by atomic mass is 16.6. The van der Waals surface area contributed by atoms with Gasteiger partial charge in [-0.05, 0) is 43.9 Å². The monoisotopic (exact) mass is 400 g/mol. The number of hydrogen-bond donors (Lipinski definition) is 2. The predicted octanol–water partition coefficient (Wildman–Crippen LogP) is 1.56. The summed E-state index contributed by atoms with van der Waals surface area (Å²) < 4.78 is 8.06. The standard InChI is InChI=1S/C20H28N6O3/c1-2-12-9-14(29-20(28)25-7-4-13(27)5-8-25)10-15(12)19-24-23-17-11-22-18-16(26(17)19)3-6-21-18/h3,6,11-16,18,21,27H,2,4-5,7-10H2,1H3/t12-,14-,15+,16?,18?/m1/s1. The molecule has 156 valence electrons. The van der Waals surface area contributed by atoms with Gasteiger partial charge < -0.3 is 20.1 Å². The molecule has 2 fully saturated rings. The van der Waals surface area contributed by atoms with E-state index >= 15 is 0 Å². The molecule has 4 heterocycles. The van der Waals surface area contributed by atoms with Crippen LogP contribution in [0.2, 0.25) is 0 Å². The number of aromatic nitrogens is 3. The fourth-order valence-corrected chi connectivity index (χ4v) is 5.13. The van der Waals surface area contributed by atoms with Gasteiger partial charge in [-0.1, -0.05) is 13.3 Å². The van der Waals surface area contributed by atoms with E-state index in [1.807, 2.05) is 6.20 Å². The third-order valence-corrected chi connectivity index (χ3v) is 6.78. The first-order valence-electron chi connectivity index (χ1n) is 10.7. The summed E-state index contributed by atoms with van der Waals surface area (Å²) >= 11 is 0. The van der Waals surface area contributed by atoms with Crippen LogP contribution in [-0.4, -0.2) is 68.5 Å². The van der Waals surface area contributed by atoms with E-state index in [2.05, 4.69) is 38.1 Å². The van der Waals surface area contributed by atoms with Gasteiger partial charge in [0.1, 0.15) is 18.1 Å². The van der Waals surface area contributed by atoms with E-state index < -0.39 is 0 Å². The van der Waals surface area contributed by atoms with Crippen LogP contribution in [0.25, 0.3) is 0 Å². The van der Waals surface area contributed by atoms with Crippen LogP contribution in [0.1, 0.15) is 62.6 Å². The second-order valence-corrected chi connectivity index (χ2v) is 8.50. The Kier molecular flexibility index (Phi) is 4.77. The number of amides is 1. The van der Waals surface area contributed by atoms with E-state index in [1.54, 1.807) is 11.1 Å². The molecule has 4 aliphatic rings. The van der Waals surface area contributed by atoms with Crippen molar-refractivity contribution in [3.63, 3.8) is 0 Å². The van der Waals surface area contributed by atoms with Crippen LogP contribution in [0.4, 0.5) is 4.79 Å². The number of nitrogens with zero attached hydrogens (tertiary/aromatic N) is 5. The second-order valence-electron chi connectivity index (χ2n) is 8.50. The smallest absolute Gasteiger partial charge is 0.410 e. The summed E-state index contributed by atoms with van der Waals surface area (Å²) in [7, 11) is 0. The molecule has 9 nitrogen and oxygen atoms in total. The minimum absolute atomic E-state index is 0.00167. The fourth-order valence-electron chi connectivity index (χ4n) is 5.13. The molecule has 0 radical (unpaired) electrons. The number of hydrogen-bond acceptors (Lipinski definition) is 7. The van der Waals surface area contributed by atoms with Crippen molar-refractivity contribution in [2.75, 3.05) is 13.1 Å². The zero-order valence-corrected chi connectivity index (χ0v) is 16.6. The minimum atomic E-state index is -0.301. The Morgan fingerprint density at radius 1 is 1.31 bits per heavy atom. The lowest BCUT2D eigenvalue weighted by Crippen LogP contribution is -2.41. The molecule has 1 saturated carbocycles. The summed E-state index contributed by atoms with van der Waals surface area (Å²) in [6.07, 6.45) is 9.04. The van der Waals surface area contributed by atoms with Gasteiger partial charge >= 0.3 is 6.09 Å². The third-order valence-electron chi connectivity index (χ3n) is 6.78. The number of carbonyl (C=O) groups is 1. The molecule has 1 saturated heterocycles. The zero-order chi connectivity index (χ0) is 20.0. The van der Waals surface area contributed by atoms with E-state index in [0.717, 1.165) is 30.9 Å². The molecule has 1 aromatic heterocycles. The summed E-state index contributed by atoms with van der Waals surface area (Å²) in [4.78, 5) is 18.8. The first kappa shape index (κ1) is 18.6. The van der Waals surface area contributed by atoms with Gasteiger partial charge in [0.25, 0.3) is 0 Å². The van der Waals surface area contributed by atoms with Crippen LogP contribution >= 0.6 is 0 Å². The van der Waals surface area contributed by atoms with Crippen LogP contribution in [0, 0.1) is 5.92 Å². The van der Waals surface area contributed by atoms with Gasteiger partial charge in [-0.25, -0.2) is 4.79 Å². The van der Waals surface area contributed by atoms with E-state index in [4.69, 9.17) is 4.74 Å². The van der Waals surface area contributed by atoms with Crippen molar-refractivity contribution in [1.29, 1.82) is 0 Å². The molecule has 9 heteroatoms. The molecular formula is C20H28N6O3. The first-order valence-corrected chi connectivity index (χ1v) is 10.7. The lowest BCUT2D eigenvalue weighted by molar-refractivity contribution is 0.0375. The molecule has 0 aromatic carbocycles. The number of ether oxygens (including phenoxy) is 1. The minimum Gasteiger partial charge on any atom is -0.446 e. The largest absolute Gasteiger partial charge is 0.446 e. The molecule has 5 atom stereocenters. The number of fused-ring (bicyclic) bond motifs is 3. The van der Waals surface area contributed by atoms with Gasteiger partial charge in [-0.3, -0.25) is 9.56 Å². The van der Waals surface area contributed by atoms with Gasteiger partial charge in [0.05, 0.1) is 18.4 Å². The zero-order valence-electron chi connectivity index (χ0n) is 16.6. The Morgan fingerprint density at radius 2 is 2.14 bits per heavy atom. The Bertz CT molecular complexity index is 828. The van der Waals surface area contributed by atoms with Crippen LogP contribution < -0.4 is 5.32 Å². The molecule has 5 rings (SSSR count). The van der Waals surface area contributed by atoms with Crippen molar-refractivity contribution in [1.82, 2.24) is 25.0 Å². The maximum atomic E-state index is 12.6. The maximum absolute atomic E-state index is 12.6. The highest BCUT2D eigenvalue weighted by Gasteiger charge is 2.42. The highest BCUT2D eigenvalue weighted by Crippen LogP contribution is 2.44. The normalized spacial score (nSPS) is 33.4. The molecule has 1 aromatic rings. The molecule has 29 heavy (non-hydrogen) atoms. The summed E-state index contributed by atoms with van der Waals surface area (Å²) in [5.74, 6) is 2.38. The fraction of sp³-hybridized carbons (Fsp3) is 0.700.